The fourth-order valence-corrected chi connectivity index (χ4v) is 3.75. The highest BCUT2D eigenvalue weighted by molar-refractivity contribution is 8.13. The van der Waals surface area contributed by atoms with E-state index in [0.29, 0.717) is 29.0 Å². The van der Waals surface area contributed by atoms with Crippen LogP contribution in [0.2, 0.25) is 10.0 Å². The fraction of sp³-hybridized carbons (Fsp3) is 0.176. The summed E-state index contributed by atoms with van der Waals surface area (Å²) in [4.78, 5) is 29.3. The Balaban J connectivity index is 1.77. The fourth-order valence-electron chi connectivity index (χ4n) is 2.45. The summed E-state index contributed by atoms with van der Waals surface area (Å²) in [6, 6.07) is 11.4. The molecule has 134 valence electrons. The lowest BCUT2D eigenvalue weighted by atomic mass is 10.1. The Morgan fingerprint density at radius 1 is 1.19 bits per heavy atom. The van der Waals surface area contributed by atoms with Crippen molar-refractivity contribution >= 4 is 51.7 Å². The molecule has 0 saturated heterocycles. The molecule has 0 spiro atoms. The van der Waals surface area contributed by atoms with Crippen molar-refractivity contribution in [2.45, 2.75) is 5.75 Å². The molecule has 0 bridgehead atoms. The van der Waals surface area contributed by atoms with Crippen LogP contribution in [0.5, 0.6) is 0 Å². The second-order valence-corrected chi connectivity index (χ2v) is 7.27. The van der Waals surface area contributed by atoms with Gasteiger partial charge in [0, 0.05) is 28.4 Å². The molecule has 0 fully saturated rings. The summed E-state index contributed by atoms with van der Waals surface area (Å²) in [5.41, 5.74) is 0.729. The Morgan fingerprint density at radius 3 is 2.58 bits per heavy atom. The number of nitro benzene ring substituents is 1. The lowest BCUT2D eigenvalue weighted by Crippen LogP contribution is -2.33. The number of nitrogens with zero attached hydrogens (tertiary/aromatic N) is 3. The first kappa shape index (κ1) is 18.7. The molecule has 1 amide bonds. The number of thioether (sulfide) groups is 1. The lowest BCUT2D eigenvalue weighted by Gasteiger charge is -2.18. The van der Waals surface area contributed by atoms with Crippen molar-refractivity contribution in [1.29, 1.82) is 0 Å². The summed E-state index contributed by atoms with van der Waals surface area (Å²) in [5.74, 6) is 0.135. The molecule has 1 heterocycles. The standard InChI is InChI=1S/C17H13Cl2N3O3S/c18-12-3-1-11(2-4-12)10-26-17-20-7-8-21(17)16(23)14-9-13(19)5-6-15(14)22(24)25/h1-6,9H,7-8,10H2. The zero-order valence-electron chi connectivity index (χ0n) is 13.4. The molecule has 0 atom stereocenters. The number of hydrogen-bond donors (Lipinski definition) is 0. The first-order chi connectivity index (χ1) is 12.5. The van der Waals surface area contributed by atoms with E-state index in [0.717, 1.165) is 5.56 Å². The van der Waals surface area contributed by atoms with E-state index < -0.39 is 10.8 Å². The summed E-state index contributed by atoms with van der Waals surface area (Å²) in [5, 5.41) is 12.7. The number of hydrogen-bond acceptors (Lipinski definition) is 5. The topological polar surface area (TPSA) is 75.8 Å². The maximum absolute atomic E-state index is 12.8. The third-order valence-electron chi connectivity index (χ3n) is 3.71. The number of amides is 1. The monoisotopic (exact) mass is 409 g/mol. The highest BCUT2D eigenvalue weighted by Crippen LogP contribution is 2.27. The number of amidine groups is 1. The molecular weight excluding hydrogens is 397 g/mol. The van der Waals surface area contributed by atoms with Gasteiger partial charge < -0.3 is 0 Å². The van der Waals surface area contributed by atoms with Gasteiger partial charge in [0.25, 0.3) is 11.6 Å². The predicted molar refractivity (Wildman–Crippen MR) is 104 cm³/mol. The lowest BCUT2D eigenvalue weighted by molar-refractivity contribution is -0.385. The van der Waals surface area contributed by atoms with Crippen LogP contribution in [0, 0.1) is 10.1 Å². The van der Waals surface area contributed by atoms with Crippen LogP contribution in [0.15, 0.2) is 47.5 Å². The van der Waals surface area contributed by atoms with Gasteiger partial charge in [0.1, 0.15) is 5.56 Å². The minimum atomic E-state index is -0.586. The average molecular weight is 410 g/mol. The molecule has 2 aromatic rings. The number of carbonyl (C=O) groups is 1. The van der Waals surface area contributed by atoms with E-state index in [2.05, 4.69) is 4.99 Å². The van der Waals surface area contributed by atoms with Gasteiger partial charge in [-0.1, -0.05) is 47.1 Å². The Hall–Kier alpha value is -2.09. The van der Waals surface area contributed by atoms with Gasteiger partial charge in [-0.3, -0.25) is 24.8 Å². The minimum absolute atomic E-state index is 0.0378. The second-order valence-electron chi connectivity index (χ2n) is 5.45. The molecule has 0 unspecified atom stereocenters. The Labute approximate surface area is 164 Å². The van der Waals surface area contributed by atoms with Crippen molar-refractivity contribution in [1.82, 2.24) is 4.90 Å². The third kappa shape index (κ3) is 4.17. The van der Waals surface area contributed by atoms with Crippen LogP contribution < -0.4 is 0 Å². The molecule has 3 rings (SSSR count). The molecule has 1 aliphatic heterocycles. The molecule has 6 nitrogen and oxygen atoms in total. The number of aliphatic imine (C=N–C) groups is 1. The first-order valence-electron chi connectivity index (χ1n) is 7.63. The highest BCUT2D eigenvalue weighted by Gasteiger charge is 2.30. The smallest absolute Gasteiger partial charge is 0.282 e. The van der Waals surface area contributed by atoms with Crippen molar-refractivity contribution < 1.29 is 9.72 Å². The minimum Gasteiger partial charge on any atom is -0.285 e. The van der Waals surface area contributed by atoms with Crippen LogP contribution in [-0.4, -0.2) is 34.0 Å². The van der Waals surface area contributed by atoms with E-state index in [4.69, 9.17) is 23.2 Å². The molecule has 1 aliphatic rings. The maximum atomic E-state index is 12.8. The van der Waals surface area contributed by atoms with E-state index in [1.807, 2.05) is 12.1 Å². The molecule has 0 N–H and O–H groups in total. The van der Waals surface area contributed by atoms with Gasteiger partial charge in [-0.2, -0.15) is 0 Å². The van der Waals surface area contributed by atoms with Crippen LogP contribution in [0.25, 0.3) is 0 Å². The van der Waals surface area contributed by atoms with Crippen molar-refractivity contribution in [2.75, 3.05) is 13.1 Å². The number of nitro groups is 1. The SMILES string of the molecule is O=C(c1cc(Cl)ccc1[N+](=O)[O-])N1CCN=C1SCc1ccc(Cl)cc1. The van der Waals surface area contributed by atoms with Gasteiger partial charge in [-0.15, -0.1) is 0 Å². The van der Waals surface area contributed by atoms with E-state index in [9.17, 15) is 14.9 Å². The quantitative estimate of drug-likeness (QED) is 0.543. The van der Waals surface area contributed by atoms with Gasteiger partial charge in [0.15, 0.2) is 5.17 Å². The summed E-state index contributed by atoms with van der Waals surface area (Å²) in [6.07, 6.45) is 0. The molecule has 0 aliphatic carbocycles. The molecule has 0 radical (unpaired) electrons. The zero-order valence-corrected chi connectivity index (χ0v) is 15.7. The Kier molecular flexibility index (Phi) is 5.80. The van der Waals surface area contributed by atoms with Gasteiger partial charge in [-0.25, -0.2) is 0 Å². The predicted octanol–water partition coefficient (Wildman–Crippen LogP) is 4.65. The second kappa shape index (κ2) is 8.07. The maximum Gasteiger partial charge on any atom is 0.282 e. The van der Waals surface area contributed by atoms with Gasteiger partial charge in [0.05, 0.1) is 11.5 Å². The normalized spacial score (nSPS) is 13.6. The van der Waals surface area contributed by atoms with Crippen molar-refractivity contribution in [2.24, 2.45) is 4.99 Å². The van der Waals surface area contributed by atoms with Crippen LogP contribution >= 0.6 is 35.0 Å². The molecule has 0 saturated carbocycles. The zero-order chi connectivity index (χ0) is 18.7. The number of halogens is 2. The third-order valence-corrected chi connectivity index (χ3v) is 5.29. The van der Waals surface area contributed by atoms with Crippen LogP contribution in [0.1, 0.15) is 15.9 Å². The van der Waals surface area contributed by atoms with Crippen molar-refractivity contribution in [3.63, 3.8) is 0 Å². The van der Waals surface area contributed by atoms with E-state index in [1.165, 1.54) is 34.9 Å². The number of carbonyl (C=O) groups excluding carboxylic acids is 1. The first-order valence-corrected chi connectivity index (χ1v) is 9.37. The van der Waals surface area contributed by atoms with Crippen LogP contribution in [0.4, 0.5) is 5.69 Å². The summed E-state index contributed by atoms with van der Waals surface area (Å²) < 4.78 is 0. The Morgan fingerprint density at radius 2 is 1.88 bits per heavy atom. The van der Waals surface area contributed by atoms with Gasteiger partial charge >= 0.3 is 0 Å². The molecule has 9 heteroatoms. The van der Waals surface area contributed by atoms with Gasteiger partial charge in [0.2, 0.25) is 0 Å². The highest BCUT2D eigenvalue weighted by atomic mass is 35.5. The van der Waals surface area contributed by atoms with Crippen molar-refractivity contribution in [3.05, 3.63) is 73.8 Å². The largest absolute Gasteiger partial charge is 0.285 e. The molecule has 0 aromatic heterocycles. The summed E-state index contributed by atoms with van der Waals surface area (Å²) in [6.45, 7) is 0.842. The van der Waals surface area contributed by atoms with E-state index in [-0.39, 0.29) is 16.3 Å². The average Bonchev–Trinajstić information content (AvgIpc) is 3.09. The van der Waals surface area contributed by atoms with Gasteiger partial charge in [-0.05, 0) is 29.8 Å². The Bertz CT molecular complexity index is 887. The van der Waals surface area contributed by atoms with Crippen molar-refractivity contribution in [3.8, 4) is 0 Å². The van der Waals surface area contributed by atoms with E-state index in [1.54, 1.807) is 12.1 Å². The number of benzene rings is 2. The van der Waals surface area contributed by atoms with E-state index >= 15 is 0 Å². The molecule has 2 aromatic carbocycles. The molecular formula is C17H13Cl2N3O3S. The van der Waals surface area contributed by atoms with Crippen LogP contribution in [-0.2, 0) is 5.75 Å². The molecule has 26 heavy (non-hydrogen) atoms. The summed E-state index contributed by atoms with van der Waals surface area (Å²) in [7, 11) is 0. The van der Waals surface area contributed by atoms with Crippen LogP contribution in [0.3, 0.4) is 0 Å². The number of rotatable bonds is 4. The summed E-state index contributed by atoms with van der Waals surface area (Å²) >= 11 is 13.2.